The maximum Gasteiger partial charge on any atom is 0.329 e. The van der Waals surface area contributed by atoms with Gasteiger partial charge in [0, 0.05) is 34.9 Å². The van der Waals surface area contributed by atoms with Crippen molar-refractivity contribution in [1.82, 2.24) is 10.2 Å². The molecule has 8 nitrogen and oxygen atoms in total. The predicted molar refractivity (Wildman–Crippen MR) is 138 cm³/mol. The molecule has 0 aliphatic carbocycles. The van der Waals surface area contributed by atoms with Crippen LogP contribution < -0.4 is 14.5 Å². The molecular formula is C26H21ClN4O4S. The Labute approximate surface area is 213 Å². The second kappa shape index (κ2) is 9.60. The van der Waals surface area contributed by atoms with E-state index >= 15 is 0 Å². The summed E-state index contributed by atoms with van der Waals surface area (Å²) in [5, 5.41) is 8.36. The Kier molecular flexibility index (Phi) is 6.34. The van der Waals surface area contributed by atoms with E-state index in [1.807, 2.05) is 24.3 Å². The average molecular weight is 521 g/mol. The maximum atomic E-state index is 13.7. The van der Waals surface area contributed by atoms with E-state index in [0.717, 1.165) is 11.8 Å². The zero-order valence-electron chi connectivity index (χ0n) is 19.2. The Hall–Kier alpha value is -3.95. The van der Waals surface area contributed by atoms with E-state index in [2.05, 4.69) is 10.2 Å². The van der Waals surface area contributed by atoms with Crippen LogP contribution in [0.25, 0.3) is 0 Å². The molecular weight excluding hydrogens is 500 g/mol. The highest BCUT2D eigenvalue weighted by atomic mass is 35.5. The topological polar surface area (TPSA) is 92.7 Å². The zero-order chi connectivity index (χ0) is 25.3. The lowest BCUT2D eigenvalue weighted by Crippen LogP contribution is -2.32. The van der Waals surface area contributed by atoms with Crippen LogP contribution in [-0.2, 0) is 9.84 Å². The zero-order valence-corrected chi connectivity index (χ0v) is 20.7. The molecule has 4 aromatic rings. The van der Waals surface area contributed by atoms with Crippen molar-refractivity contribution in [2.45, 2.75) is 10.9 Å². The fourth-order valence-corrected chi connectivity index (χ4v) is 4.84. The molecule has 0 bridgehead atoms. The van der Waals surface area contributed by atoms with Gasteiger partial charge in [0.1, 0.15) is 5.75 Å². The summed E-state index contributed by atoms with van der Waals surface area (Å²) < 4.78 is 29.6. The molecule has 1 aliphatic rings. The van der Waals surface area contributed by atoms with Crippen LogP contribution in [0.3, 0.4) is 0 Å². The first-order valence-corrected chi connectivity index (χ1v) is 13.3. The summed E-state index contributed by atoms with van der Waals surface area (Å²) >= 11 is 6.09. The third-order valence-electron chi connectivity index (χ3n) is 5.80. The molecule has 0 spiro atoms. The van der Waals surface area contributed by atoms with E-state index in [1.165, 1.54) is 12.1 Å². The number of hydrogen-bond donors (Lipinski definition) is 0. The van der Waals surface area contributed by atoms with Crippen LogP contribution >= 0.6 is 11.6 Å². The van der Waals surface area contributed by atoms with Gasteiger partial charge in [-0.05, 0) is 72.3 Å². The van der Waals surface area contributed by atoms with E-state index in [-0.39, 0.29) is 17.0 Å². The third kappa shape index (κ3) is 4.89. The van der Waals surface area contributed by atoms with E-state index in [4.69, 9.17) is 16.3 Å². The number of rotatable bonds is 6. The van der Waals surface area contributed by atoms with Crippen molar-refractivity contribution in [3.8, 4) is 11.6 Å². The van der Waals surface area contributed by atoms with Crippen LogP contribution in [0.4, 0.5) is 16.2 Å². The lowest BCUT2D eigenvalue weighted by atomic mass is 10.1. The molecule has 1 unspecified atom stereocenters. The van der Waals surface area contributed by atoms with Crippen molar-refractivity contribution in [1.29, 1.82) is 0 Å². The van der Waals surface area contributed by atoms with Crippen molar-refractivity contribution in [2.24, 2.45) is 0 Å². The van der Waals surface area contributed by atoms with Gasteiger partial charge >= 0.3 is 6.03 Å². The van der Waals surface area contributed by atoms with Gasteiger partial charge in [0.15, 0.2) is 9.84 Å². The van der Waals surface area contributed by atoms with Crippen LogP contribution in [0.1, 0.15) is 11.6 Å². The quantitative estimate of drug-likeness (QED) is 0.332. The molecule has 36 heavy (non-hydrogen) atoms. The summed E-state index contributed by atoms with van der Waals surface area (Å²) in [6.07, 6.45) is 2.71. The van der Waals surface area contributed by atoms with E-state index in [9.17, 15) is 13.2 Å². The first-order chi connectivity index (χ1) is 17.3. The lowest BCUT2D eigenvalue weighted by molar-refractivity contribution is 0.255. The van der Waals surface area contributed by atoms with Crippen LogP contribution in [0.5, 0.6) is 11.6 Å². The number of carbonyl (C=O) groups excluding carboxylic acids is 1. The highest BCUT2D eigenvalue weighted by Gasteiger charge is 2.40. The number of urea groups is 1. The highest BCUT2D eigenvalue weighted by molar-refractivity contribution is 7.90. The molecule has 1 fully saturated rings. The van der Waals surface area contributed by atoms with Gasteiger partial charge in [-0.3, -0.25) is 9.80 Å². The second-order valence-electron chi connectivity index (χ2n) is 8.26. The number of sulfone groups is 1. The van der Waals surface area contributed by atoms with Gasteiger partial charge in [-0.2, -0.15) is 5.10 Å². The highest BCUT2D eigenvalue weighted by Crippen LogP contribution is 2.38. The van der Waals surface area contributed by atoms with Gasteiger partial charge in [0.05, 0.1) is 17.5 Å². The lowest BCUT2D eigenvalue weighted by Gasteiger charge is -2.24. The fraction of sp³-hybridized carbons (Fsp3) is 0.115. The summed E-state index contributed by atoms with van der Waals surface area (Å²) in [6.45, 7) is 0.342. The van der Waals surface area contributed by atoms with Crippen LogP contribution in [0.2, 0.25) is 5.02 Å². The van der Waals surface area contributed by atoms with Crippen LogP contribution in [-0.4, -0.2) is 37.4 Å². The molecule has 1 saturated heterocycles. The minimum Gasteiger partial charge on any atom is -0.438 e. The Morgan fingerprint density at radius 2 is 1.67 bits per heavy atom. The van der Waals surface area contributed by atoms with Crippen molar-refractivity contribution >= 4 is 38.8 Å². The Morgan fingerprint density at radius 1 is 0.944 bits per heavy atom. The summed E-state index contributed by atoms with van der Waals surface area (Å²) in [4.78, 5) is 17.2. The monoisotopic (exact) mass is 520 g/mol. The summed E-state index contributed by atoms with van der Waals surface area (Å²) in [7, 11) is -3.35. The number of carbonyl (C=O) groups is 1. The SMILES string of the molecule is CS(=O)(=O)c1ccc(N2CC(c3cccc(Oc4cccnn4)c3)N(c3ccc(Cl)cc3)C2=O)cc1. The number of halogens is 1. The Balaban J connectivity index is 1.51. The van der Waals surface area contributed by atoms with Gasteiger partial charge in [0.25, 0.3) is 0 Å². The number of hydrogen-bond acceptors (Lipinski definition) is 6. The molecule has 2 amide bonds. The normalized spacial score (nSPS) is 15.8. The number of anilines is 2. The average Bonchev–Trinajstić information content (AvgIpc) is 3.22. The first kappa shape index (κ1) is 23.8. The van der Waals surface area contributed by atoms with Gasteiger partial charge in [-0.15, -0.1) is 5.10 Å². The summed E-state index contributed by atoms with van der Waals surface area (Å²) in [6, 6.07) is 23.7. The molecule has 0 radical (unpaired) electrons. The van der Waals surface area contributed by atoms with Crippen LogP contribution in [0.15, 0.2) is 96.0 Å². The fourth-order valence-electron chi connectivity index (χ4n) is 4.08. The molecule has 182 valence electrons. The number of ether oxygens (including phenoxy) is 1. The number of nitrogens with zero attached hydrogens (tertiary/aromatic N) is 4. The number of benzene rings is 3. The van der Waals surface area contributed by atoms with Crippen molar-refractivity contribution in [2.75, 3.05) is 22.6 Å². The van der Waals surface area contributed by atoms with Crippen LogP contribution in [0, 0.1) is 0 Å². The molecule has 0 saturated carbocycles. The molecule has 1 aliphatic heterocycles. The molecule has 2 heterocycles. The first-order valence-electron chi connectivity index (χ1n) is 11.0. The van der Waals surface area contributed by atoms with E-state index < -0.39 is 9.84 Å². The standard InChI is InChI=1S/C26H21ClN4O4S/c1-36(33,34)23-13-11-20(12-14-23)30-17-24(31(26(30)32)21-9-7-19(27)8-10-21)18-4-2-5-22(16-18)35-25-6-3-15-28-29-25/h2-16,24H,17H2,1H3. The maximum absolute atomic E-state index is 13.7. The van der Waals surface area contributed by atoms with Gasteiger partial charge in [-0.25, -0.2) is 13.2 Å². The minimum absolute atomic E-state index is 0.192. The molecule has 0 N–H and O–H groups in total. The van der Waals surface area contributed by atoms with Crippen molar-refractivity contribution < 1.29 is 17.9 Å². The summed E-state index contributed by atoms with van der Waals surface area (Å²) in [5.41, 5.74) is 2.14. The third-order valence-corrected chi connectivity index (χ3v) is 7.18. The van der Waals surface area contributed by atoms with Crippen molar-refractivity contribution in [3.63, 3.8) is 0 Å². The van der Waals surface area contributed by atoms with Gasteiger partial charge < -0.3 is 4.74 Å². The summed E-state index contributed by atoms with van der Waals surface area (Å²) in [5.74, 6) is 0.923. The molecule has 10 heteroatoms. The van der Waals surface area contributed by atoms with E-state index in [1.54, 1.807) is 64.5 Å². The smallest absolute Gasteiger partial charge is 0.329 e. The Bertz CT molecular complexity index is 1500. The Morgan fingerprint density at radius 3 is 2.33 bits per heavy atom. The number of amides is 2. The molecule has 1 aromatic heterocycles. The predicted octanol–water partition coefficient (Wildman–Crippen LogP) is 5.51. The van der Waals surface area contributed by atoms with E-state index in [0.29, 0.717) is 34.6 Å². The minimum atomic E-state index is -3.35. The largest absolute Gasteiger partial charge is 0.438 e. The second-order valence-corrected chi connectivity index (χ2v) is 10.7. The van der Waals surface area contributed by atoms with Crippen molar-refractivity contribution in [3.05, 3.63) is 102 Å². The molecule has 5 rings (SSSR count). The number of aromatic nitrogens is 2. The van der Waals surface area contributed by atoms with Gasteiger partial charge in [0.2, 0.25) is 5.88 Å². The van der Waals surface area contributed by atoms with Gasteiger partial charge in [-0.1, -0.05) is 23.7 Å². The molecule has 1 atom stereocenters. The molecule has 3 aromatic carbocycles.